The quantitative estimate of drug-likeness (QED) is 0.407. The monoisotopic (exact) mass is 197 g/mol. The van der Waals surface area contributed by atoms with Crippen LogP contribution in [-0.2, 0) is 14.6 Å². The van der Waals surface area contributed by atoms with Crippen LogP contribution < -0.4 is 5.32 Å². The molecular formula is C10H15NO3. The molecular weight excluding hydrogens is 182 g/mol. The van der Waals surface area contributed by atoms with Gasteiger partial charge in [-0.15, -0.1) is 0 Å². The molecule has 1 heterocycles. The van der Waals surface area contributed by atoms with E-state index in [0.29, 0.717) is 12.5 Å². The maximum Gasteiger partial charge on any atom is 0.224 e. The number of nitrogens with one attached hydrogen (secondary N) is 1. The van der Waals surface area contributed by atoms with Crippen LogP contribution in [0, 0.1) is 17.8 Å². The number of rotatable bonds is 3. The van der Waals surface area contributed by atoms with Crippen LogP contribution in [0.1, 0.15) is 6.42 Å². The average molecular weight is 197 g/mol. The van der Waals surface area contributed by atoms with Gasteiger partial charge >= 0.3 is 0 Å². The number of allylic oxidation sites excluding steroid dienone is 1. The maximum atomic E-state index is 11.5. The molecule has 4 heteroatoms. The van der Waals surface area contributed by atoms with Gasteiger partial charge < -0.3 is 5.32 Å². The summed E-state index contributed by atoms with van der Waals surface area (Å²) in [5, 5.41) is 2.88. The third-order valence-corrected chi connectivity index (χ3v) is 3.01. The van der Waals surface area contributed by atoms with Gasteiger partial charge in [-0.05, 0) is 6.42 Å². The van der Waals surface area contributed by atoms with Gasteiger partial charge in [-0.25, -0.2) is 9.78 Å². The van der Waals surface area contributed by atoms with Crippen LogP contribution >= 0.6 is 0 Å². The summed E-state index contributed by atoms with van der Waals surface area (Å²) in [6.07, 6.45) is 5.16. The van der Waals surface area contributed by atoms with E-state index in [1.165, 1.54) is 7.11 Å². The summed E-state index contributed by atoms with van der Waals surface area (Å²) in [4.78, 5) is 21.0. The zero-order chi connectivity index (χ0) is 9.97. The van der Waals surface area contributed by atoms with E-state index in [9.17, 15) is 4.79 Å². The maximum absolute atomic E-state index is 11.5. The van der Waals surface area contributed by atoms with Gasteiger partial charge in [0.15, 0.2) is 0 Å². The van der Waals surface area contributed by atoms with Crippen molar-refractivity contribution in [2.24, 2.45) is 17.8 Å². The second kappa shape index (κ2) is 4.11. The molecule has 0 aromatic heterocycles. The van der Waals surface area contributed by atoms with Crippen molar-refractivity contribution in [3.63, 3.8) is 0 Å². The first-order valence-electron chi connectivity index (χ1n) is 4.93. The number of carbonyl (C=O) groups excluding carboxylic acids is 1. The number of amides is 1. The smallest absolute Gasteiger partial charge is 0.224 e. The van der Waals surface area contributed by atoms with E-state index in [2.05, 4.69) is 22.4 Å². The molecule has 78 valence electrons. The third-order valence-electron chi connectivity index (χ3n) is 3.01. The van der Waals surface area contributed by atoms with Crippen molar-refractivity contribution in [3.05, 3.63) is 12.2 Å². The highest BCUT2D eigenvalue weighted by Gasteiger charge is 2.40. The van der Waals surface area contributed by atoms with Gasteiger partial charge in [0.1, 0.15) is 0 Å². The van der Waals surface area contributed by atoms with Crippen molar-refractivity contribution in [1.82, 2.24) is 5.32 Å². The summed E-state index contributed by atoms with van der Waals surface area (Å²) in [5.41, 5.74) is 0. The Bertz CT molecular complexity index is 252. The van der Waals surface area contributed by atoms with Crippen molar-refractivity contribution in [2.75, 3.05) is 20.3 Å². The minimum absolute atomic E-state index is 0.0788. The van der Waals surface area contributed by atoms with E-state index >= 15 is 0 Å². The van der Waals surface area contributed by atoms with Crippen LogP contribution in [-0.4, -0.2) is 26.2 Å². The van der Waals surface area contributed by atoms with E-state index in [4.69, 9.17) is 4.89 Å². The molecule has 1 aliphatic heterocycles. The van der Waals surface area contributed by atoms with E-state index in [1.807, 2.05) is 0 Å². The van der Waals surface area contributed by atoms with Crippen molar-refractivity contribution in [2.45, 2.75) is 6.42 Å². The summed E-state index contributed by atoms with van der Waals surface area (Å²) >= 11 is 0. The highest BCUT2D eigenvalue weighted by atomic mass is 17.2. The van der Waals surface area contributed by atoms with Crippen LogP contribution in [0.4, 0.5) is 0 Å². The lowest BCUT2D eigenvalue weighted by molar-refractivity contribution is -0.282. The molecule has 2 aliphatic rings. The molecule has 3 atom stereocenters. The topological polar surface area (TPSA) is 47.6 Å². The van der Waals surface area contributed by atoms with Gasteiger partial charge in [0, 0.05) is 18.4 Å². The molecule has 0 saturated carbocycles. The summed E-state index contributed by atoms with van der Waals surface area (Å²) in [7, 11) is 1.49. The molecule has 1 amide bonds. The summed E-state index contributed by atoms with van der Waals surface area (Å²) in [6, 6.07) is 0. The molecule has 14 heavy (non-hydrogen) atoms. The van der Waals surface area contributed by atoms with Gasteiger partial charge in [-0.1, -0.05) is 12.2 Å². The van der Waals surface area contributed by atoms with Gasteiger partial charge in [0.2, 0.25) is 5.91 Å². The van der Waals surface area contributed by atoms with Crippen LogP contribution in [0.2, 0.25) is 0 Å². The largest absolute Gasteiger partial charge is 0.355 e. The normalized spacial score (nSPS) is 35.5. The molecule has 1 saturated heterocycles. The van der Waals surface area contributed by atoms with Gasteiger partial charge in [-0.2, -0.15) is 0 Å². The average Bonchev–Trinajstić information content (AvgIpc) is 2.58. The molecule has 1 aliphatic carbocycles. The highest BCUT2D eigenvalue weighted by molar-refractivity contribution is 5.82. The first kappa shape index (κ1) is 9.68. The fraction of sp³-hybridized carbons (Fsp3) is 0.700. The SMILES string of the molecule is COOCC1CC=CC2CNC(=O)C21. The Morgan fingerprint density at radius 3 is 3.29 bits per heavy atom. The van der Waals surface area contributed by atoms with Crippen molar-refractivity contribution >= 4 is 5.91 Å². The Labute approximate surface area is 83.2 Å². The van der Waals surface area contributed by atoms with Crippen molar-refractivity contribution in [1.29, 1.82) is 0 Å². The molecule has 0 spiro atoms. The molecule has 0 aromatic rings. The molecule has 0 bridgehead atoms. The Kier molecular flexibility index (Phi) is 2.84. The first-order chi connectivity index (χ1) is 6.83. The molecule has 0 aromatic carbocycles. The Balaban J connectivity index is 2.03. The third kappa shape index (κ3) is 1.67. The Morgan fingerprint density at radius 1 is 1.64 bits per heavy atom. The standard InChI is InChI=1S/C10H15NO3/c1-13-14-6-8-4-2-3-7-5-11-10(12)9(7)8/h2-3,7-9H,4-6H2,1H3,(H,11,12). The van der Waals surface area contributed by atoms with Gasteiger partial charge in [-0.3, -0.25) is 4.79 Å². The summed E-state index contributed by atoms with van der Waals surface area (Å²) < 4.78 is 0. The number of fused-ring (bicyclic) bond motifs is 1. The highest BCUT2D eigenvalue weighted by Crippen LogP contribution is 2.33. The predicted octanol–water partition coefficient (Wildman–Crippen LogP) is 0.503. The van der Waals surface area contributed by atoms with Crippen LogP contribution in [0.15, 0.2) is 12.2 Å². The Morgan fingerprint density at radius 2 is 2.50 bits per heavy atom. The van der Waals surface area contributed by atoms with Crippen LogP contribution in [0.3, 0.4) is 0 Å². The zero-order valence-corrected chi connectivity index (χ0v) is 8.23. The number of hydrogen-bond acceptors (Lipinski definition) is 3. The van der Waals surface area contributed by atoms with Crippen LogP contribution in [0.5, 0.6) is 0 Å². The molecule has 1 N–H and O–H groups in total. The van der Waals surface area contributed by atoms with Crippen LogP contribution in [0.25, 0.3) is 0 Å². The number of carbonyl (C=O) groups is 1. The molecule has 0 radical (unpaired) electrons. The second-order valence-electron chi connectivity index (χ2n) is 3.81. The van der Waals surface area contributed by atoms with Gasteiger partial charge in [0.05, 0.1) is 19.6 Å². The molecule has 2 rings (SSSR count). The van der Waals surface area contributed by atoms with E-state index in [1.54, 1.807) is 0 Å². The lowest BCUT2D eigenvalue weighted by atomic mass is 9.78. The van der Waals surface area contributed by atoms with E-state index in [-0.39, 0.29) is 17.7 Å². The first-order valence-corrected chi connectivity index (χ1v) is 4.93. The van der Waals surface area contributed by atoms with E-state index in [0.717, 1.165) is 13.0 Å². The lowest BCUT2D eigenvalue weighted by Crippen LogP contribution is -2.31. The summed E-state index contributed by atoms with van der Waals surface area (Å²) in [5.74, 6) is 0.841. The molecule has 4 nitrogen and oxygen atoms in total. The van der Waals surface area contributed by atoms with Crippen molar-refractivity contribution < 1.29 is 14.6 Å². The minimum Gasteiger partial charge on any atom is -0.355 e. The molecule has 1 fully saturated rings. The van der Waals surface area contributed by atoms with Crippen molar-refractivity contribution in [3.8, 4) is 0 Å². The second-order valence-corrected chi connectivity index (χ2v) is 3.81. The predicted molar refractivity (Wildman–Crippen MR) is 50.2 cm³/mol. The molecule has 3 unspecified atom stereocenters. The number of hydrogen-bond donors (Lipinski definition) is 1. The fourth-order valence-electron chi connectivity index (χ4n) is 2.31. The fourth-order valence-corrected chi connectivity index (χ4v) is 2.31. The minimum atomic E-state index is 0.0788. The Hall–Kier alpha value is -0.870. The van der Waals surface area contributed by atoms with Gasteiger partial charge in [0.25, 0.3) is 0 Å². The van der Waals surface area contributed by atoms with E-state index < -0.39 is 0 Å². The zero-order valence-electron chi connectivity index (χ0n) is 8.23. The lowest BCUT2D eigenvalue weighted by Gasteiger charge is -2.26. The summed E-state index contributed by atoms with van der Waals surface area (Å²) in [6.45, 7) is 1.26.